The number of ketones is 1. The third-order valence-corrected chi connectivity index (χ3v) is 1.13. The predicted octanol–water partition coefficient (Wildman–Crippen LogP) is 0.102. The zero-order chi connectivity index (χ0) is 8.69. The third kappa shape index (κ3) is 7.22. The van der Waals surface area contributed by atoms with Crippen molar-refractivity contribution in [1.29, 1.82) is 0 Å². The Morgan fingerprint density at radius 3 is 2.91 bits per heavy atom. The molecule has 0 radical (unpaired) electrons. The first-order chi connectivity index (χ1) is 5.16. The van der Waals surface area contributed by atoms with Crippen molar-refractivity contribution in [2.45, 2.75) is 19.4 Å². The zero-order valence-electron chi connectivity index (χ0n) is 6.84. The molecule has 0 aliphatic carbocycles. The number of rotatable bonds is 6. The number of carbonyl (C=O) groups is 1. The van der Waals surface area contributed by atoms with Crippen molar-refractivity contribution < 1.29 is 9.90 Å². The van der Waals surface area contributed by atoms with E-state index in [2.05, 4.69) is 11.9 Å². The van der Waals surface area contributed by atoms with Crippen LogP contribution in [0, 0.1) is 0 Å². The molecule has 1 atom stereocenters. The third-order valence-electron chi connectivity index (χ3n) is 1.13. The van der Waals surface area contributed by atoms with Gasteiger partial charge in [0, 0.05) is 13.0 Å². The second-order valence-corrected chi connectivity index (χ2v) is 2.51. The SMILES string of the molecule is C=CCNCC(=O)CC(C)O. The van der Waals surface area contributed by atoms with Crippen LogP contribution < -0.4 is 5.32 Å². The number of nitrogens with one attached hydrogen (secondary N) is 1. The van der Waals surface area contributed by atoms with Gasteiger partial charge in [0.05, 0.1) is 12.6 Å². The van der Waals surface area contributed by atoms with Gasteiger partial charge in [-0.15, -0.1) is 6.58 Å². The second kappa shape index (κ2) is 6.07. The lowest BCUT2D eigenvalue weighted by molar-refractivity contribution is -0.119. The highest BCUT2D eigenvalue weighted by Gasteiger charge is 2.03. The van der Waals surface area contributed by atoms with Gasteiger partial charge in [0.1, 0.15) is 5.78 Å². The van der Waals surface area contributed by atoms with Gasteiger partial charge in [0.25, 0.3) is 0 Å². The molecule has 0 aromatic rings. The fraction of sp³-hybridized carbons (Fsp3) is 0.625. The monoisotopic (exact) mass is 157 g/mol. The number of carbonyl (C=O) groups excluding carboxylic acids is 1. The highest BCUT2D eigenvalue weighted by molar-refractivity contribution is 5.80. The van der Waals surface area contributed by atoms with Crippen LogP contribution in [0.3, 0.4) is 0 Å². The van der Waals surface area contributed by atoms with Crippen LogP contribution in [0.2, 0.25) is 0 Å². The van der Waals surface area contributed by atoms with E-state index in [4.69, 9.17) is 5.11 Å². The van der Waals surface area contributed by atoms with Crippen LogP contribution in [0.25, 0.3) is 0 Å². The Morgan fingerprint density at radius 1 is 1.82 bits per heavy atom. The topological polar surface area (TPSA) is 49.3 Å². The van der Waals surface area contributed by atoms with Gasteiger partial charge in [-0.2, -0.15) is 0 Å². The second-order valence-electron chi connectivity index (χ2n) is 2.51. The normalized spacial score (nSPS) is 12.5. The smallest absolute Gasteiger partial charge is 0.149 e. The van der Waals surface area contributed by atoms with Gasteiger partial charge in [-0.05, 0) is 6.92 Å². The molecular formula is C8H15NO2. The maximum absolute atomic E-state index is 10.9. The van der Waals surface area contributed by atoms with Crippen LogP contribution in [-0.2, 0) is 4.79 Å². The molecule has 0 bridgehead atoms. The summed E-state index contributed by atoms with van der Waals surface area (Å²) < 4.78 is 0. The Bertz CT molecular complexity index is 132. The van der Waals surface area contributed by atoms with Crippen molar-refractivity contribution >= 4 is 5.78 Å². The molecule has 0 aliphatic heterocycles. The van der Waals surface area contributed by atoms with Gasteiger partial charge in [-0.1, -0.05) is 6.08 Å². The predicted molar refractivity (Wildman–Crippen MR) is 44.4 cm³/mol. The summed E-state index contributed by atoms with van der Waals surface area (Å²) in [6, 6.07) is 0. The van der Waals surface area contributed by atoms with Gasteiger partial charge in [-0.3, -0.25) is 4.79 Å². The molecular weight excluding hydrogens is 142 g/mol. The van der Waals surface area contributed by atoms with Gasteiger partial charge in [0.15, 0.2) is 0 Å². The molecule has 2 N–H and O–H groups in total. The summed E-state index contributed by atoms with van der Waals surface area (Å²) >= 11 is 0. The van der Waals surface area contributed by atoms with Crippen LogP contribution in [0.5, 0.6) is 0 Å². The minimum absolute atomic E-state index is 0.0295. The van der Waals surface area contributed by atoms with Gasteiger partial charge in [0.2, 0.25) is 0 Å². The van der Waals surface area contributed by atoms with Crippen molar-refractivity contribution in [1.82, 2.24) is 5.32 Å². The molecule has 3 heteroatoms. The summed E-state index contributed by atoms with van der Waals surface area (Å²) in [5.41, 5.74) is 0. The van der Waals surface area contributed by atoms with E-state index in [1.165, 1.54) is 0 Å². The van der Waals surface area contributed by atoms with E-state index >= 15 is 0 Å². The van der Waals surface area contributed by atoms with E-state index in [0.29, 0.717) is 13.1 Å². The first-order valence-corrected chi connectivity index (χ1v) is 3.68. The van der Waals surface area contributed by atoms with Crippen LogP contribution >= 0.6 is 0 Å². The standard InChI is InChI=1S/C8H15NO2/c1-3-4-9-6-8(11)5-7(2)10/h3,7,9-10H,1,4-6H2,2H3. The Kier molecular flexibility index (Phi) is 5.70. The number of hydrogen-bond donors (Lipinski definition) is 2. The van der Waals surface area contributed by atoms with Gasteiger partial charge < -0.3 is 10.4 Å². The van der Waals surface area contributed by atoms with E-state index in [0.717, 1.165) is 0 Å². The van der Waals surface area contributed by atoms with Crippen LogP contribution in [0.15, 0.2) is 12.7 Å². The van der Waals surface area contributed by atoms with Gasteiger partial charge in [-0.25, -0.2) is 0 Å². The Hall–Kier alpha value is -0.670. The minimum Gasteiger partial charge on any atom is -0.393 e. The van der Waals surface area contributed by atoms with E-state index in [1.807, 2.05) is 0 Å². The molecule has 0 heterocycles. The molecule has 0 aromatic heterocycles. The number of Topliss-reactive ketones (excluding diaryl/α,β-unsaturated/α-hetero) is 1. The average molecular weight is 157 g/mol. The molecule has 0 saturated carbocycles. The molecule has 3 nitrogen and oxygen atoms in total. The lowest BCUT2D eigenvalue weighted by Crippen LogP contribution is -2.25. The summed E-state index contributed by atoms with van der Waals surface area (Å²) in [6.45, 7) is 6.04. The first kappa shape index (κ1) is 10.3. The van der Waals surface area contributed by atoms with Crippen molar-refractivity contribution in [2.75, 3.05) is 13.1 Å². The molecule has 0 amide bonds. The minimum atomic E-state index is -0.534. The zero-order valence-corrected chi connectivity index (χ0v) is 6.84. The highest BCUT2D eigenvalue weighted by atomic mass is 16.3. The summed E-state index contributed by atoms with van der Waals surface area (Å²) in [5.74, 6) is 0.0295. The largest absolute Gasteiger partial charge is 0.393 e. The Labute approximate surface area is 67.1 Å². The maximum atomic E-state index is 10.9. The number of aliphatic hydroxyl groups is 1. The van der Waals surface area contributed by atoms with Crippen LogP contribution in [-0.4, -0.2) is 30.1 Å². The summed E-state index contributed by atoms with van der Waals surface area (Å²) in [5, 5.41) is 11.7. The van der Waals surface area contributed by atoms with E-state index in [9.17, 15) is 4.79 Å². The Balaban J connectivity index is 3.30. The molecule has 0 saturated heterocycles. The van der Waals surface area contributed by atoms with Crippen molar-refractivity contribution in [3.05, 3.63) is 12.7 Å². The van der Waals surface area contributed by atoms with E-state index < -0.39 is 6.10 Å². The number of hydrogen-bond acceptors (Lipinski definition) is 3. The molecule has 11 heavy (non-hydrogen) atoms. The maximum Gasteiger partial charge on any atom is 0.149 e. The van der Waals surface area contributed by atoms with Crippen LogP contribution in [0.1, 0.15) is 13.3 Å². The molecule has 1 unspecified atom stereocenters. The fourth-order valence-electron chi connectivity index (χ4n) is 0.715. The van der Waals surface area contributed by atoms with Gasteiger partial charge >= 0.3 is 0 Å². The lowest BCUT2D eigenvalue weighted by atomic mass is 10.2. The van der Waals surface area contributed by atoms with Crippen molar-refractivity contribution in [3.8, 4) is 0 Å². The lowest BCUT2D eigenvalue weighted by Gasteiger charge is -2.02. The summed E-state index contributed by atoms with van der Waals surface area (Å²) in [4.78, 5) is 10.9. The van der Waals surface area contributed by atoms with E-state index in [-0.39, 0.29) is 12.2 Å². The molecule has 64 valence electrons. The molecule has 0 aliphatic rings. The van der Waals surface area contributed by atoms with Crippen molar-refractivity contribution in [2.24, 2.45) is 0 Å². The first-order valence-electron chi connectivity index (χ1n) is 3.68. The summed E-state index contributed by atoms with van der Waals surface area (Å²) in [6.07, 6.45) is 1.38. The average Bonchev–Trinajstić information content (AvgIpc) is 1.86. The quantitative estimate of drug-likeness (QED) is 0.425. The molecule has 0 fully saturated rings. The van der Waals surface area contributed by atoms with Crippen molar-refractivity contribution in [3.63, 3.8) is 0 Å². The molecule has 0 aromatic carbocycles. The number of aliphatic hydroxyl groups excluding tert-OH is 1. The fourth-order valence-corrected chi connectivity index (χ4v) is 0.715. The van der Waals surface area contributed by atoms with E-state index in [1.54, 1.807) is 13.0 Å². The molecule has 0 spiro atoms. The highest BCUT2D eigenvalue weighted by Crippen LogP contribution is 1.89. The Morgan fingerprint density at radius 2 is 2.45 bits per heavy atom. The molecule has 0 rings (SSSR count). The summed E-state index contributed by atoms with van der Waals surface area (Å²) in [7, 11) is 0. The van der Waals surface area contributed by atoms with Crippen LogP contribution in [0.4, 0.5) is 0 Å².